The van der Waals surface area contributed by atoms with Gasteiger partial charge in [0.1, 0.15) is 5.75 Å². The van der Waals surface area contributed by atoms with E-state index in [1.54, 1.807) is 47.8 Å². The number of hydrogen-bond acceptors (Lipinski definition) is 4. The summed E-state index contributed by atoms with van der Waals surface area (Å²) in [5.41, 5.74) is 2.65. The molecule has 210 valence electrons. The van der Waals surface area contributed by atoms with E-state index in [0.717, 1.165) is 56.3 Å². The Hall–Kier alpha value is -3.32. The monoisotopic (exact) mass is 553 g/mol. The first-order valence-corrected chi connectivity index (χ1v) is 14.2. The predicted octanol–water partition coefficient (Wildman–Crippen LogP) is 6.86. The second-order valence-corrected chi connectivity index (χ2v) is 10.2. The van der Waals surface area contributed by atoms with E-state index in [-0.39, 0.29) is 17.7 Å². The van der Waals surface area contributed by atoms with E-state index in [1.807, 2.05) is 43.9 Å². The number of aromatic nitrogens is 1. The highest BCUT2D eigenvalue weighted by atomic mass is 35.5. The summed E-state index contributed by atoms with van der Waals surface area (Å²) in [5, 5.41) is 1.35. The average molecular weight is 554 g/mol. The van der Waals surface area contributed by atoms with Gasteiger partial charge in [0.25, 0.3) is 5.91 Å². The van der Waals surface area contributed by atoms with Crippen LogP contribution in [0, 0.1) is 6.92 Å². The van der Waals surface area contributed by atoms with Crippen LogP contribution in [-0.4, -0.2) is 53.9 Å². The van der Waals surface area contributed by atoms with Crippen LogP contribution in [0.4, 0.5) is 5.69 Å². The van der Waals surface area contributed by atoms with Crippen molar-refractivity contribution in [2.75, 3.05) is 31.6 Å². The Kier molecular flexibility index (Phi) is 11.0. The molecule has 0 atom stereocenters. The zero-order valence-electron chi connectivity index (χ0n) is 23.8. The molecule has 0 fully saturated rings. The van der Waals surface area contributed by atoms with Crippen molar-refractivity contribution in [2.24, 2.45) is 0 Å². The minimum atomic E-state index is -0.187. The molecule has 0 bridgehead atoms. The second kappa shape index (κ2) is 14.2. The molecule has 8 heteroatoms. The summed E-state index contributed by atoms with van der Waals surface area (Å²) in [6.45, 7) is 9.49. The minimum absolute atomic E-state index is 0.0799. The molecular formula is C31H40ClN3O4. The van der Waals surface area contributed by atoms with Crippen LogP contribution in [0.15, 0.2) is 42.5 Å². The van der Waals surface area contributed by atoms with E-state index in [4.69, 9.17) is 16.3 Å². The zero-order valence-corrected chi connectivity index (χ0v) is 24.5. The maximum Gasteiger partial charge on any atom is 0.262 e. The summed E-state index contributed by atoms with van der Waals surface area (Å²) >= 11 is 6.04. The zero-order chi connectivity index (χ0) is 28.5. The van der Waals surface area contributed by atoms with Gasteiger partial charge in [-0.25, -0.2) is 0 Å². The molecular weight excluding hydrogens is 514 g/mol. The predicted molar refractivity (Wildman–Crippen MR) is 158 cm³/mol. The van der Waals surface area contributed by atoms with Crippen molar-refractivity contribution < 1.29 is 19.1 Å². The SMILES string of the molecule is CCN(CC)C(=O)CCCCCCCN(C(C)=O)c1c(C)n(C(=O)c2ccc(Cl)cc2)c2ccc(OC)cc12. The number of carbonyl (C=O) groups excluding carboxylic acids is 3. The lowest BCUT2D eigenvalue weighted by Crippen LogP contribution is -2.30. The first-order chi connectivity index (χ1) is 18.7. The molecule has 0 saturated carbocycles. The van der Waals surface area contributed by atoms with Gasteiger partial charge in [-0.1, -0.05) is 30.9 Å². The smallest absolute Gasteiger partial charge is 0.262 e. The number of halogens is 1. The van der Waals surface area contributed by atoms with Crippen molar-refractivity contribution in [1.29, 1.82) is 0 Å². The molecule has 0 aliphatic carbocycles. The van der Waals surface area contributed by atoms with Crippen LogP contribution in [-0.2, 0) is 9.59 Å². The van der Waals surface area contributed by atoms with Crippen molar-refractivity contribution >= 4 is 45.9 Å². The molecule has 39 heavy (non-hydrogen) atoms. The standard InChI is InChI=1S/C31H40ClN3O4/c1-6-33(7-2)29(37)13-11-9-8-10-12-20-34(23(4)36)30-22(3)35(28-19-18-26(39-5)21-27(28)30)31(38)24-14-16-25(32)17-15-24/h14-19,21H,6-13,20H2,1-5H3. The fourth-order valence-corrected chi connectivity index (χ4v) is 5.20. The lowest BCUT2D eigenvalue weighted by molar-refractivity contribution is -0.131. The van der Waals surface area contributed by atoms with Gasteiger partial charge in [0.15, 0.2) is 0 Å². The van der Waals surface area contributed by atoms with Crippen molar-refractivity contribution in [1.82, 2.24) is 9.47 Å². The van der Waals surface area contributed by atoms with Gasteiger partial charge in [0.2, 0.25) is 11.8 Å². The number of rotatable bonds is 13. The number of hydrogen-bond donors (Lipinski definition) is 0. The Labute approximate surface area is 236 Å². The van der Waals surface area contributed by atoms with Crippen LogP contribution in [0.25, 0.3) is 10.9 Å². The van der Waals surface area contributed by atoms with Crippen molar-refractivity contribution in [3.05, 3.63) is 58.7 Å². The van der Waals surface area contributed by atoms with Crippen molar-refractivity contribution in [3.63, 3.8) is 0 Å². The molecule has 0 saturated heterocycles. The maximum atomic E-state index is 13.6. The molecule has 3 aromatic rings. The number of benzene rings is 2. The number of ether oxygens (including phenoxy) is 1. The highest BCUT2D eigenvalue weighted by Gasteiger charge is 2.25. The third kappa shape index (κ3) is 7.21. The molecule has 2 aromatic carbocycles. The van der Waals surface area contributed by atoms with Gasteiger partial charge in [0, 0.05) is 54.6 Å². The van der Waals surface area contributed by atoms with Crippen LogP contribution in [0.1, 0.15) is 75.3 Å². The van der Waals surface area contributed by atoms with Gasteiger partial charge in [0.05, 0.1) is 18.3 Å². The molecule has 1 heterocycles. The number of carbonyl (C=O) groups is 3. The summed E-state index contributed by atoms with van der Waals surface area (Å²) < 4.78 is 7.13. The fraction of sp³-hybridized carbons (Fsp3) is 0.452. The first kappa shape index (κ1) is 30.2. The topological polar surface area (TPSA) is 71.9 Å². The summed E-state index contributed by atoms with van der Waals surface area (Å²) in [4.78, 5) is 42.3. The first-order valence-electron chi connectivity index (χ1n) is 13.8. The normalized spacial score (nSPS) is 11.0. The van der Waals surface area contributed by atoms with E-state index in [0.29, 0.717) is 40.5 Å². The quantitative estimate of drug-likeness (QED) is 0.217. The van der Waals surface area contributed by atoms with E-state index in [1.165, 1.54) is 0 Å². The molecule has 7 nitrogen and oxygen atoms in total. The highest BCUT2D eigenvalue weighted by molar-refractivity contribution is 6.30. The van der Waals surface area contributed by atoms with E-state index < -0.39 is 0 Å². The maximum absolute atomic E-state index is 13.6. The van der Waals surface area contributed by atoms with Gasteiger partial charge < -0.3 is 14.5 Å². The number of amides is 2. The second-order valence-electron chi connectivity index (χ2n) is 9.72. The lowest BCUT2D eigenvalue weighted by Gasteiger charge is -2.22. The Bertz CT molecular complexity index is 1300. The highest BCUT2D eigenvalue weighted by Crippen LogP contribution is 2.37. The Morgan fingerprint density at radius 1 is 0.923 bits per heavy atom. The fourth-order valence-electron chi connectivity index (χ4n) is 5.07. The van der Waals surface area contributed by atoms with Gasteiger partial charge in [-0.2, -0.15) is 0 Å². The van der Waals surface area contributed by atoms with Crippen LogP contribution in [0.3, 0.4) is 0 Å². The van der Waals surface area contributed by atoms with Gasteiger partial charge >= 0.3 is 0 Å². The van der Waals surface area contributed by atoms with Crippen molar-refractivity contribution in [3.8, 4) is 5.75 Å². The molecule has 1 aromatic heterocycles. The van der Waals surface area contributed by atoms with Gasteiger partial charge in [-0.05, 0) is 76.1 Å². The van der Waals surface area contributed by atoms with Crippen molar-refractivity contribution in [2.45, 2.75) is 66.2 Å². The van der Waals surface area contributed by atoms with Gasteiger partial charge in [-0.15, -0.1) is 0 Å². The number of fused-ring (bicyclic) bond motifs is 1. The number of nitrogens with zero attached hydrogens (tertiary/aromatic N) is 3. The van der Waals surface area contributed by atoms with Crippen LogP contribution >= 0.6 is 11.6 Å². The molecule has 0 N–H and O–H groups in total. The molecule has 0 spiro atoms. The van der Waals surface area contributed by atoms with E-state index in [2.05, 4.69) is 0 Å². The average Bonchev–Trinajstić information content (AvgIpc) is 3.21. The Balaban J connectivity index is 1.78. The third-order valence-corrected chi connectivity index (χ3v) is 7.46. The van der Waals surface area contributed by atoms with Gasteiger partial charge in [-0.3, -0.25) is 19.0 Å². The lowest BCUT2D eigenvalue weighted by atomic mass is 10.1. The minimum Gasteiger partial charge on any atom is -0.497 e. The van der Waals surface area contributed by atoms with E-state index in [9.17, 15) is 14.4 Å². The third-order valence-electron chi connectivity index (χ3n) is 7.21. The molecule has 0 unspecified atom stereocenters. The van der Waals surface area contributed by atoms with Crippen LogP contribution in [0.5, 0.6) is 5.75 Å². The van der Waals surface area contributed by atoms with E-state index >= 15 is 0 Å². The Morgan fingerprint density at radius 2 is 1.56 bits per heavy atom. The molecule has 3 rings (SSSR count). The summed E-state index contributed by atoms with van der Waals surface area (Å²) in [5.74, 6) is 0.609. The molecule has 2 amide bonds. The number of anilines is 1. The van der Waals surface area contributed by atoms with Crippen LogP contribution in [0.2, 0.25) is 5.02 Å². The summed E-state index contributed by atoms with van der Waals surface area (Å²) in [7, 11) is 1.60. The largest absolute Gasteiger partial charge is 0.497 e. The summed E-state index contributed by atoms with van der Waals surface area (Å²) in [6, 6.07) is 12.4. The molecule has 0 aliphatic heterocycles. The number of unbranched alkanes of at least 4 members (excludes halogenated alkanes) is 4. The number of methoxy groups -OCH3 is 1. The summed E-state index contributed by atoms with van der Waals surface area (Å²) in [6.07, 6.45) is 5.23. The Morgan fingerprint density at radius 3 is 2.18 bits per heavy atom. The van der Waals surface area contributed by atoms with Crippen LogP contribution < -0.4 is 9.64 Å². The molecule has 0 radical (unpaired) electrons. The molecule has 0 aliphatic rings.